The number of nitro groups is 1. The second-order valence-electron chi connectivity index (χ2n) is 6.53. The van der Waals surface area contributed by atoms with Gasteiger partial charge in [-0.1, -0.05) is 31.5 Å². The van der Waals surface area contributed by atoms with Gasteiger partial charge in [-0.15, -0.1) is 0 Å². The molecule has 0 spiro atoms. The second-order valence-corrected chi connectivity index (χ2v) is 6.94. The molecule has 132 valence electrons. The molecule has 0 unspecified atom stereocenters. The molecule has 1 aliphatic rings. The number of rotatable bonds is 4. The van der Waals surface area contributed by atoms with Crippen molar-refractivity contribution in [3.8, 4) is 0 Å². The normalized spacial score (nSPS) is 14.6. The Morgan fingerprint density at radius 2 is 2.20 bits per heavy atom. The van der Waals surface area contributed by atoms with Gasteiger partial charge >= 0.3 is 0 Å². The molecule has 0 saturated carbocycles. The number of hydrogen-bond acceptors (Lipinski definition) is 5. The van der Waals surface area contributed by atoms with Gasteiger partial charge in [0.1, 0.15) is 10.8 Å². The minimum Gasteiger partial charge on any atom is -0.310 e. The number of nitrogens with zero attached hydrogens (tertiary/aromatic N) is 3. The van der Waals surface area contributed by atoms with E-state index in [1.165, 1.54) is 12.1 Å². The van der Waals surface area contributed by atoms with E-state index >= 15 is 0 Å². The average molecular weight is 363 g/mol. The van der Waals surface area contributed by atoms with Crippen molar-refractivity contribution < 1.29 is 4.92 Å². The predicted molar refractivity (Wildman–Crippen MR) is 94.9 cm³/mol. The summed E-state index contributed by atoms with van der Waals surface area (Å²) in [6.45, 7) is 5.73. The molecule has 8 heteroatoms. The first-order valence-corrected chi connectivity index (χ1v) is 8.50. The molecule has 1 aromatic carbocycles. The second kappa shape index (κ2) is 6.93. The van der Waals surface area contributed by atoms with E-state index in [9.17, 15) is 14.9 Å². The molecule has 0 amide bonds. The Kier molecular flexibility index (Phi) is 4.87. The summed E-state index contributed by atoms with van der Waals surface area (Å²) < 4.78 is 0. The van der Waals surface area contributed by atoms with Crippen LogP contribution in [0.2, 0.25) is 5.02 Å². The minimum atomic E-state index is -0.487. The minimum absolute atomic E-state index is 0.0968. The molecule has 7 nitrogen and oxygen atoms in total. The molecule has 1 aliphatic heterocycles. The molecule has 1 N–H and O–H groups in total. The van der Waals surface area contributed by atoms with Crippen molar-refractivity contribution in [3.63, 3.8) is 0 Å². The third kappa shape index (κ3) is 3.72. The first-order chi connectivity index (χ1) is 11.8. The molecular formula is C17H19ClN4O3. The van der Waals surface area contributed by atoms with E-state index in [-0.39, 0.29) is 22.2 Å². The van der Waals surface area contributed by atoms with Crippen molar-refractivity contribution >= 4 is 17.3 Å². The van der Waals surface area contributed by atoms with Crippen LogP contribution in [0, 0.1) is 10.1 Å². The number of fused-ring (bicyclic) bond motifs is 1. The Morgan fingerprint density at radius 3 is 2.88 bits per heavy atom. The number of benzene rings is 1. The maximum absolute atomic E-state index is 12.3. The van der Waals surface area contributed by atoms with Crippen molar-refractivity contribution in [1.82, 2.24) is 14.9 Å². The van der Waals surface area contributed by atoms with Gasteiger partial charge in [-0.25, -0.2) is 4.98 Å². The number of halogens is 1. The summed E-state index contributed by atoms with van der Waals surface area (Å²) in [5, 5.41) is 11.1. The lowest BCUT2D eigenvalue weighted by molar-refractivity contribution is -0.384. The SMILES string of the molecule is CC(C)c1nc2c(c(=O)[nH]1)CN(Cc1ccc(Cl)c([N+](=O)[O-])c1)CC2. The number of H-pyrrole nitrogens is 1. The van der Waals surface area contributed by atoms with Crippen LogP contribution in [0.5, 0.6) is 0 Å². The standard InChI is InChI=1S/C17H19ClN4O3/c1-10(2)16-19-14-5-6-21(9-12(14)17(23)20-16)8-11-3-4-13(18)15(7-11)22(24)25/h3-4,7,10H,5-6,8-9H2,1-2H3,(H,19,20,23). The number of aromatic nitrogens is 2. The molecule has 1 aromatic heterocycles. The molecule has 0 saturated heterocycles. The van der Waals surface area contributed by atoms with Gasteiger partial charge in [0.25, 0.3) is 11.2 Å². The van der Waals surface area contributed by atoms with Crippen molar-refractivity contribution in [3.05, 3.63) is 66.3 Å². The number of aromatic amines is 1. The summed E-state index contributed by atoms with van der Waals surface area (Å²) in [4.78, 5) is 32.4. The van der Waals surface area contributed by atoms with E-state index in [2.05, 4.69) is 14.9 Å². The molecule has 0 bridgehead atoms. The van der Waals surface area contributed by atoms with Crippen LogP contribution >= 0.6 is 11.6 Å². The van der Waals surface area contributed by atoms with Crippen LogP contribution in [0.1, 0.15) is 42.4 Å². The Hall–Kier alpha value is -2.25. The molecular weight excluding hydrogens is 344 g/mol. The zero-order valence-electron chi connectivity index (χ0n) is 14.1. The summed E-state index contributed by atoms with van der Waals surface area (Å²) in [5.74, 6) is 0.885. The predicted octanol–water partition coefficient (Wildman–Crippen LogP) is 3.01. The van der Waals surface area contributed by atoms with Gasteiger partial charge < -0.3 is 4.98 Å². The lowest BCUT2D eigenvalue weighted by Gasteiger charge is -2.28. The maximum atomic E-state index is 12.3. The topological polar surface area (TPSA) is 92.1 Å². The van der Waals surface area contributed by atoms with Crippen molar-refractivity contribution in [2.75, 3.05) is 6.54 Å². The largest absolute Gasteiger partial charge is 0.310 e. The fraction of sp³-hybridized carbons (Fsp3) is 0.412. The smallest absolute Gasteiger partial charge is 0.288 e. The quantitative estimate of drug-likeness (QED) is 0.666. The zero-order chi connectivity index (χ0) is 18.1. The monoisotopic (exact) mass is 362 g/mol. The van der Waals surface area contributed by atoms with Crippen LogP contribution in [-0.2, 0) is 19.5 Å². The molecule has 25 heavy (non-hydrogen) atoms. The fourth-order valence-corrected chi connectivity index (χ4v) is 3.15. The van der Waals surface area contributed by atoms with E-state index in [1.54, 1.807) is 6.07 Å². The third-order valence-electron chi connectivity index (χ3n) is 4.33. The summed E-state index contributed by atoms with van der Waals surface area (Å²) in [7, 11) is 0. The third-order valence-corrected chi connectivity index (χ3v) is 4.65. The number of nitro benzene ring substituents is 1. The van der Waals surface area contributed by atoms with Gasteiger partial charge in [0.2, 0.25) is 0 Å². The maximum Gasteiger partial charge on any atom is 0.288 e. The van der Waals surface area contributed by atoms with E-state index in [1.807, 2.05) is 13.8 Å². The van der Waals surface area contributed by atoms with E-state index in [0.29, 0.717) is 30.9 Å². The molecule has 2 heterocycles. The Morgan fingerprint density at radius 1 is 1.44 bits per heavy atom. The summed E-state index contributed by atoms with van der Waals surface area (Å²) >= 11 is 5.85. The first-order valence-electron chi connectivity index (χ1n) is 8.12. The van der Waals surface area contributed by atoms with Crippen LogP contribution in [0.25, 0.3) is 0 Å². The Bertz CT molecular complexity index is 879. The summed E-state index contributed by atoms with van der Waals surface area (Å²) in [6.07, 6.45) is 0.689. The van der Waals surface area contributed by atoms with Gasteiger partial charge in [0.05, 0.1) is 16.2 Å². The van der Waals surface area contributed by atoms with Crippen molar-refractivity contribution in [2.24, 2.45) is 0 Å². The molecule has 0 fully saturated rings. The van der Waals surface area contributed by atoms with Gasteiger partial charge in [0, 0.05) is 38.0 Å². The van der Waals surface area contributed by atoms with E-state index in [4.69, 9.17) is 11.6 Å². The highest BCUT2D eigenvalue weighted by Crippen LogP contribution is 2.26. The lowest BCUT2D eigenvalue weighted by atomic mass is 10.0. The van der Waals surface area contributed by atoms with Crippen molar-refractivity contribution in [2.45, 2.75) is 39.3 Å². The van der Waals surface area contributed by atoms with Gasteiger partial charge in [-0.3, -0.25) is 19.8 Å². The van der Waals surface area contributed by atoms with E-state index < -0.39 is 4.92 Å². The van der Waals surface area contributed by atoms with Gasteiger partial charge in [-0.05, 0) is 11.6 Å². The van der Waals surface area contributed by atoms with Crippen LogP contribution in [0.15, 0.2) is 23.0 Å². The average Bonchev–Trinajstić information content (AvgIpc) is 2.56. The summed E-state index contributed by atoms with van der Waals surface area (Å²) in [5.41, 5.74) is 2.13. The lowest BCUT2D eigenvalue weighted by Crippen LogP contribution is -2.35. The highest BCUT2D eigenvalue weighted by molar-refractivity contribution is 6.32. The highest BCUT2D eigenvalue weighted by Gasteiger charge is 2.22. The summed E-state index contributed by atoms with van der Waals surface area (Å²) in [6, 6.07) is 4.80. The highest BCUT2D eigenvalue weighted by atomic mass is 35.5. The van der Waals surface area contributed by atoms with Gasteiger partial charge in [-0.2, -0.15) is 0 Å². The van der Waals surface area contributed by atoms with Crippen LogP contribution in [-0.4, -0.2) is 26.3 Å². The zero-order valence-corrected chi connectivity index (χ0v) is 14.8. The molecule has 0 aliphatic carbocycles. The molecule has 0 atom stereocenters. The Balaban J connectivity index is 1.81. The van der Waals surface area contributed by atoms with Crippen molar-refractivity contribution in [1.29, 1.82) is 0 Å². The van der Waals surface area contributed by atoms with Crippen LogP contribution in [0.3, 0.4) is 0 Å². The van der Waals surface area contributed by atoms with Crippen LogP contribution in [0.4, 0.5) is 5.69 Å². The number of hydrogen-bond donors (Lipinski definition) is 1. The number of nitrogens with one attached hydrogen (secondary N) is 1. The molecule has 3 rings (SSSR count). The Labute approximate surface area is 149 Å². The first kappa shape index (κ1) is 17.6. The van der Waals surface area contributed by atoms with E-state index in [0.717, 1.165) is 17.8 Å². The van der Waals surface area contributed by atoms with Gasteiger partial charge in [0.15, 0.2) is 0 Å². The fourth-order valence-electron chi connectivity index (χ4n) is 2.96. The molecule has 2 aromatic rings. The molecule has 0 radical (unpaired) electrons. The van der Waals surface area contributed by atoms with Crippen LogP contribution < -0.4 is 5.56 Å².